The van der Waals surface area contributed by atoms with E-state index in [1.165, 1.54) is 0 Å². The highest BCUT2D eigenvalue weighted by Gasteiger charge is 2.27. The fraction of sp³-hybridized carbons (Fsp3) is 0.0370. The van der Waals surface area contributed by atoms with E-state index in [1.54, 1.807) is 24.8 Å². The molecule has 0 spiro atoms. The number of hydrogen-bond donors (Lipinski definition) is 0. The molecule has 20 nitrogen and oxygen atoms in total. The lowest BCUT2D eigenvalue weighted by atomic mass is 10.1. The smallest absolute Gasteiger partial charge is 0.220 e. The first-order chi connectivity index (χ1) is 63.5. The predicted octanol–water partition coefficient (Wildman–Crippen LogP) is 22.5. The minimum Gasteiger partial charge on any atom is -0.278 e. The molecule has 604 valence electrons. The summed E-state index contributed by atoms with van der Waals surface area (Å²) in [5, 5.41) is 0. The highest BCUT2D eigenvalue weighted by Crippen LogP contribution is 2.40. The molecule has 12 aromatic heterocycles. The molecule has 0 aliphatic carbocycles. The average Bonchev–Trinajstić information content (AvgIpc) is 1.57. The summed E-state index contributed by atoms with van der Waals surface area (Å²) in [7, 11) is 0. The molecule has 26 aromatic rings. The molecule has 0 fully saturated rings. The lowest BCUT2D eigenvalue weighted by Crippen LogP contribution is -2.02. The Morgan fingerprint density at radius 3 is 0.703 bits per heavy atom. The first kappa shape index (κ1) is 73.2. The first-order valence-corrected chi connectivity index (χ1v) is 42.7. The van der Waals surface area contributed by atoms with E-state index in [4.69, 9.17) is 39.9 Å². The number of rotatable bonds is 16. The maximum absolute atomic E-state index is 5.53. The van der Waals surface area contributed by atoms with Crippen LogP contribution in [0.4, 0.5) is 0 Å². The van der Waals surface area contributed by atoms with Crippen LogP contribution in [-0.2, 0) is 25.7 Å². The molecular formula is C108H72N20. The van der Waals surface area contributed by atoms with Crippen molar-refractivity contribution >= 4 is 111 Å². The van der Waals surface area contributed by atoms with E-state index in [1.807, 2.05) is 85.2 Å². The Labute approximate surface area is 730 Å². The van der Waals surface area contributed by atoms with E-state index in [9.17, 15) is 0 Å². The van der Waals surface area contributed by atoms with Crippen LogP contribution in [0, 0.1) is 0 Å². The monoisotopic (exact) mass is 1650 g/mol. The van der Waals surface area contributed by atoms with Crippen molar-refractivity contribution in [2.24, 2.45) is 0 Å². The molecule has 0 amide bonds. The van der Waals surface area contributed by atoms with Crippen LogP contribution in [0.1, 0.15) is 45.3 Å². The van der Waals surface area contributed by atoms with Crippen LogP contribution in [0.5, 0.6) is 0 Å². The van der Waals surface area contributed by atoms with Gasteiger partial charge in [0.2, 0.25) is 23.1 Å². The number of fused-ring (bicyclic) bond motifs is 20. The van der Waals surface area contributed by atoms with Gasteiger partial charge in [0, 0.05) is 85.1 Å². The van der Waals surface area contributed by atoms with Crippen molar-refractivity contribution < 1.29 is 0 Å². The van der Waals surface area contributed by atoms with Crippen LogP contribution in [0.3, 0.4) is 0 Å². The van der Waals surface area contributed by atoms with E-state index in [2.05, 4.69) is 335 Å². The van der Waals surface area contributed by atoms with Gasteiger partial charge in [0.15, 0.2) is 0 Å². The molecule has 0 N–H and O–H groups in total. The maximum Gasteiger partial charge on any atom is 0.220 e. The van der Waals surface area contributed by atoms with Crippen molar-refractivity contribution in [3.8, 4) is 67.8 Å². The van der Waals surface area contributed by atoms with E-state index >= 15 is 0 Å². The van der Waals surface area contributed by atoms with E-state index in [-0.39, 0.29) is 0 Å². The molecule has 0 saturated carbocycles. The summed E-state index contributed by atoms with van der Waals surface area (Å²) in [6, 6.07) is 123. The lowest BCUT2D eigenvalue weighted by Gasteiger charge is -2.11. The van der Waals surface area contributed by atoms with E-state index < -0.39 is 0 Å². The van der Waals surface area contributed by atoms with Crippen molar-refractivity contribution in [2.45, 2.75) is 25.7 Å². The van der Waals surface area contributed by atoms with Gasteiger partial charge in [-0.1, -0.05) is 231 Å². The summed E-state index contributed by atoms with van der Waals surface area (Å²) >= 11 is 0. The molecule has 0 saturated heterocycles. The van der Waals surface area contributed by atoms with Crippen molar-refractivity contribution in [3.05, 3.63) is 434 Å². The van der Waals surface area contributed by atoms with Crippen molar-refractivity contribution in [1.82, 2.24) is 95.7 Å². The quantitative estimate of drug-likeness (QED) is 0.0890. The summed E-state index contributed by atoms with van der Waals surface area (Å²) in [5.41, 5.74) is 34.3. The summed E-state index contributed by atoms with van der Waals surface area (Å²) in [6.07, 6.45) is 12.8. The van der Waals surface area contributed by atoms with Crippen molar-refractivity contribution in [1.29, 1.82) is 0 Å². The Kier molecular flexibility index (Phi) is 17.3. The Morgan fingerprint density at radius 2 is 0.438 bits per heavy atom. The minimum absolute atomic E-state index is 0.504. The van der Waals surface area contributed by atoms with E-state index in [0.717, 1.165) is 224 Å². The third-order valence-corrected chi connectivity index (χ3v) is 24.4. The van der Waals surface area contributed by atoms with Gasteiger partial charge in [0.05, 0.1) is 145 Å². The van der Waals surface area contributed by atoms with Crippen LogP contribution >= 0.6 is 0 Å². The van der Waals surface area contributed by atoms with Gasteiger partial charge in [-0.25, -0.2) is 39.9 Å². The molecule has 0 aliphatic heterocycles. The number of hydrogen-bond acceptors (Lipinski definition) is 12. The number of para-hydroxylation sites is 12. The maximum atomic E-state index is 5.53. The zero-order valence-electron chi connectivity index (χ0n) is 68.7. The summed E-state index contributed by atoms with van der Waals surface area (Å²) < 4.78 is 18.2. The molecule has 0 aliphatic rings. The van der Waals surface area contributed by atoms with Gasteiger partial charge < -0.3 is 0 Å². The fourth-order valence-electron chi connectivity index (χ4n) is 18.8. The second-order valence-corrected chi connectivity index (χ2v) is 32.1. The van der Waals surface area contributed by atoms with Gasteiger partial charge in [-0.15, -0.1) is 0 Å². The zero-order valence-corrected chi connectivity index (χ0v) is 68.7. The average molecular weight is 1650 g/mol. The Hall–Kier alpha value is -17.5. The molecule has 26 rings (SSSR count). The third-order valence-electron chi connectivity index (χ3n) is 24.4. The van der Waals surface area contributed by atoms with Crippen LogP contribution in [0.15, 0.2) is 389 Å². The molecule has 20 heteroatoms. The molecule has 14 aromatic carbocycles. The lowest BCUT2D eigenvalue weighted by molar-refractivity contribution is 0.979. The largest absolute Gasteiger partial charge is 0.278 e. The molecule has 0 unspecified atom stereocenters. The van der Waals surface area contributed by atoms with Crippen molar-refractivity contribution in [3.63, 3.8) is 0 Å². The SMILES string of the molecule is c1cc(-n2c3ccccc3n3c4cccc(Cc5cnccn5)c4nc23)cc(-n2c3ccccc3n3c4cccc(Cc5cnccn5)c4nc23)c1.c1ccc(-c2cc(-c3ccccc3)nc(Cc3cccc4c3nc3n(-c5cccc(-n6c7ccccc7n7c8cccc(Cc9nc(-c%10ccccc%10)cc(-c%10ccccc%10)n9)c8nc67)c5)c5ccccc5n43)n2)cc1. The minimum atomic E-state index is 0.504. The Morgan fingerprint density at radius 1 is 0.195 bits per heavy atom. The Bertz CT molecular complexity index is 8210. The summed E-state index contributed by atoms with van der Waals surface area (Å²) in [5.74, 6) is 4.80. The zero-order chi connectivity index (χ0) is 84.3. The third kappa shape index (κ3) is 12.4. The van der Waals surface area contributed by atoms with Crippen LogP contribution in [0.2, 0.25) is 0 Å². The molecule has 0 bridgehead atoms. The van der Waals surface area contributed by atoms with Gasteiger partial charge in [-0.2, -0.15) is 0 Å². The van der Waals surface area contributed by atoms with Crippen LogP contribution in [-0.4, -0.2) is 95.7 Å². The second-order valence-electron chi connectivity index (χ2n) is 32.1. The molecule has 12 heterocycles. The van der Waals surface area contributed by atoms with Gasteiger partial charge in [-0.3, -0.25) is 55.8 Å². The van der Waals surface area contributed by atoms with Gasteiger partial charge >= 0.3 is 0 Å². The predicted molar refractivity (Wildman–Crippen MR) is 506 cm³/mol. The molecule has 128 heavy (non-hydrogen) atoms. The summed E-state index contributed by atoms with van der Waals surface area (Å²) in [4.78, 5) is 60.0. The van der Waals surface area contributed by atoms with Crippen molar-refractivity contribution in [2.75, 3.05) is 0 Å². The topological polar surface area (TPSA) is 192 Å². The van der Waals surface area contributed by atoms with Gasteiger partial charge in [0.25, 0.3) is 0 Å². The van der Waals surface area contributed by atoms with Gasteiger partial charge in [-0.05, 0) is 144 Å². The molecular weight excluding hydrogens is 1580 g/mol. The van der Waals surface area contributed by atoms with Crippen LogP contribution in [0.25, 0.3) is 179 Å². The molecule has 0 atom stereocenters. The standard InChI is InChI=1S/C66H44N10.C42H28N10/c1-5-20-43(21-6-1)51-41-52(44-22-7-2-8-23-44)68-61(67-51)38-47-28-17-36-59-63(47)71-65-73(55-32-13-15-34-57(55)75(59)65)49-30-19-31-50(40-49)74-56-33-14-16-35-58(56)76-60-37-18-29-48(64(60)72-66(74)76)39-62-69-53(45-24-9-3-10-25-45)42-54(70-62)46-26-11-4-12-27-46;1-3-14-35-33(12-1)49(41-47-39-27(8-5-16-37(39)51(35)41)22-29-25-43-18-20-45-29)31-10-7-11-32(24-31)50-34-13-2-4-15-36(34)52-38-17-6-9-28(40(38)48-42(50)52)23-30-26-44-19-21-46-30/h1-37,40-42H,38-39H2;1-21,24-26H,22-23H2. The highest BCUT2D eigenvalue weighted by molar-refractivity contribution is 5.99. The summed E-state index contributed by atoms with van der Waals surface area (Å²) in [6.45, 7) is 0. The second kappa shape index (κ2) is 30.2. The number of aromatic nitrogens is 20. The van der Waals surface area contributed by atoms with Gasteiger partial charge in [0.1, 0.15) is 11.6 Å². The Balaban J connectivity index is 0.000000149. The molecule has 0 radical (unpaired) electrons. The van der Waals surface area contributed by atoms with E-state index in [0.29, 0.717) is 25.7 Å². The first-order valence-electron chi connectivity index (χ1n) is 42.7. The fourth-order valence-corrected chi connectivity index (χ4v) is 18.8. The normalized spacial score (nSPS) is 11.9. The number of benzene rings is 14. The number of nitrogens with zero attached hydrogens (tertiary/aromatic N) is 20. The number of imidazole rings is 8. The highest BCUT2D eigenvalue weighted by atomic mass is 15.3. The van der Waals surface area contributed by atoms with Crippen LogP contribution < -0.4 is 0 Å².